The maximum Gasteiger partial charge on any atom is 0.411 e. The third kappa shape index (κ3) is 5.44. The van der Waals surface area contributed by atoms with Gasteiger partial charge in [-0.2, -0.15) is 13.2 Å². The van der Waals surface area contributed by atoms with Crippen LogP contribution in [0, 0.1) is 5.92 Å². The Kier molecular flexibility index (Phi) is 4.68. The number of alkyl halides is 3. The summed E-state index contributed by atoms with van der Waals surface area (Å²) >= 11 is 0. The van der Waals surface area contributed by atoms with E-state index < -0.39 is 12.8 Å². The van der Waals surface area contributed by atoms with E-state index in [4.69, 9.17) is 0 Å². The molecule has 0 aromatic rings. The van der Waals surface area contributed by atoms with Crippen molar-refractivity contribution >= 4 is 0 Å². The first kappa shape index (κ1) is 11.8. The highest BCUT2D eigenvalue weighted by Gasteiger charge is 2.27. The summed E-state index contributed by atoms with van der Waals surface area (Å²) in [6.45, 7) is 0.980. The zero-order chi connectivity index (χ0) is 10.4. The van der Waals surface area contributed by atoms with Gasteiger partial charge in [-0.1, -0.05) is 0 Å². The standard InChI is InChI=1S/C9H16F3NO/c10-9(11,12)7-14-6-8-2-1-4-13-5-3-8/h8,13H,1-7H2. The molecular formula is C9H16F3NO. The van der Waals surface area contributed by atoms with Crippen molar-refractivity contribution in [3.63, 3.8) is 0 Å². The van der Waals surface area contributed by atoms with Gasteiger partial charge in [-0.15, -0.1) is 0 Å². The summed E-state index contributed by atoms with van der Waals surface area (Å²) in [5, 5.41) is 3.21. The van der Waals surface area contributed by atoms with Crippen molar-refractivity contribution in [3.8, 4) is 0 Å². The number of hydrogen-bond donors (Lipinski definition) is 1. The van der Waals surface area contributed by atoms with Crippen molar-refractivity contribution in [1.82, 2.24) is 5.32 Å². The minimum absolute atomic E-state index is 0.237. The van der Waals surface area contributed by atoms with Crippen molar-refractivity contribution in [2.24, 2.45) is 5.92 Å². The Bertz CT molecular complexity index is 153. The monoisotopic (exact) mass is 211 g/mol. The van der Waals surface area contributed by atoms with E-state index in [1.165, 1.54) is 0 Å². The predicted molar refractivity (Wildman–Crippen MR) is 47.1 cm³/mol. The summed E-state index contributed by atoms with van der Waals surface area (Å²) in [5.41, 5.74) is 0. The summed E-state index contributed by atoms with van der Waals surface area (Å²) < 4.78 is 39.9. The first-order chi connectivity index (χ1) is 6.58. The Balaban J connectivity index is 2.10. The summed E-state index contributed by atoms with van der Waals surface area (Å²) in [4.78, 5) is 0. The molecule has 84 valence electrons. The lowest BCUT2D eigenvalue weighted by Gasteiger charge is -2.14. The summed E-state index contributed by atoms with van der Waals surface area (Å²) in [6.07, 6.45) is -1.29. The molecule has 1 N–H and O–H groups in total. The molecule has 1 fully saturated rings. The van der Waals surface area contributed by atoms with Crippen LogP contribution in [0.1, 0.15) is 19.3 Å². The lowest BCUT2D eigenvalue weighted by atomic mass is 10.0. The number of halogens is 3. The quantitative estimate of drug-likeness (QED) is 0.770. The SMILES string of the molecule is FC(F)(F)COCC1CCCNCC1. The Hall–Kier alpha value is -0.290. The molecule has 1 unspecified atom stereocenters. The van der Waals surface area contributed by atoms with Crippen molar-refractivity contribution in [3.05, 3.63) is 0 Å². The largest absolute Gasteiger partial charge is 0.411 e. The average Bonchev–Trinajstić information content (AvgIpc) is 2.30. The first-order valence-corrected chi connectivity index (χ1v) is 4.93. The van der Waals surface area contributed by atoms with Crippen LogP contribution in [0.15, 0.2) is 0 Å². The third-order valence-corrected chi connectivity index (χ3v) is 2.31. The van der Waals surface area contributed by atoms with Crippen molar-refractivity contribution < 1.29 is 17.9 Å². The molecule has 0 aromatic carbocycles. The normalized spacial score (nSPS) is 24.6. The van der Waals surface area contributed by atoms with Gasteiger partial charge in [-0.25, -0.2) is 0 Å². The van der Waals surface area contributed by atoms with Gasteiger partial charge in [0.1, 0.15) is 6.61 Å². The van der Waals surface area contributed by atoms with Crippen LogP contribution in [0.3, 0.4) is 0 Å². The maximum absolute atomic E-state index is 11.8. The van der Waals surface area contributed by atoms with Gasteiger partial charge in [-0.3, -0.25) is 0 Å². The molecule has 1 atom stereocenters. The number of hydrogen-bond acceptors (Lipinski definition) is 2. The molecule has 0 radical (unpaired) electrons. The smallest absolute Gasteiger partial charge is 0.372 e. The van der Waals surface area contributed by atoms with E-state index in [1.807, 2.05) is 0 Å². The van der Waals surface area contributed by atoms with Gasteiger partial charge in [0, 0.05) is 6.61 Å². The molecule has 1 aliphatic heterocycles. The van der Waals surface area contributed by atoms with E-state index >= 15 is 0 Å². The molecule has 14 heavy (non-hydrogen) atoms. The Morgan fingerprint density at radius 3 is 2.71 bits per heavy atom. The molecule has 0 spiro atoms. The molecular weight excluding hydrogens is 195 g/mol. The van der Waals surface area contributed by atoms with Gasteiger partial charge in [-0.05, 0) is 38.3 Å². The number of rotatable bonds is 3. The molecule has 0 aromatic heterocycles. The Morgan fingerprint density at radius 2 is 2.00 bits per heavy atom. The second kappa shape index (κ2) is 5.56. The molecule has 0 bridgehead atoms. The van der Waals surface area contributed by atoms with Crippen molar-refractivity contribution in [1.29, 1.82) is 0 Å². The van der Waals surface area contributed by atoms with Gasteiger partial charge in [0.2, 0.25) is 0 Å². The first-order valence-electron chi connectivity index (χ1n) is 4.93. The van der Waals surface area contributed by atoms with Crippen molar-refractivity contribution in [2.75, 3.05) is 26.3 Å². The average molecular weight is 211 g/mol. The zero-order valence-electron chi connectivity index (χ0n) is 8.07. The Morgan fingerprint density at radius 1 is 1.21 bits per heavy atom. The highest BCUT2D eigenvalue weighted by molar-refractivity contribution is 4.66. The van der Waals surface area contributed by atoms with Gasteiger partial charge >= 0.3 is 6.18 Å². The molecule has 1 heterocycles. The molecule has 0 aliphatic carbocycles. The van der Waals surface area contributed by atoms with Gasteiger partial charge in [0.05, 0.1) is 0 Å². The minimum Gasteiger partial charge on any atom is -0.372 e. The van der Waals surface area contributed by atoms with Crippen LogP contribution in [-0.4, -0.2) is 32.5 Å². The van der Waals surface area contributed by atoms with Gasteiger partial charge in [0.15, 0.2) is 0 Å². The van der Waals surface area contributed by atoms with Crippen LogP contribution in [0.2, 0.25) is 0 Å². The van der Waals surface area contributed by atoms with E-state index in [-0.39, 0.29) is 12.5 Å². The second-order valence-electron chi connectivity index (χ2n) is 3.68. The van der Waals surface area contributed by atoms with Gasteiger partial charge in [0.25, 0.3) is 0 Å². The van der Waals surface area contributed by atoms with E-state index in [1.54, 1.807) is 0 Å². The van der Waals surface area contributed by atoms with E-state index in [9.17, 15) is 13.2 Å². The highest BCUT2D eigenvalue weighted by Crippen LogP contribution is 2.18. The molecule has 2 nitrogen and oxygen atoms in total. The fraction of sp³-hybridized carbons (Fsp3) is 1.00. The predicted octanol–water partition coefficient (Wildman–Crippen LogP) is 1.95. The van der Waals surface area contributed by atoms with Crippen LogP contribution < -0.4 is 5.32 Å². The number of nitrogens with one attached hydrogen (secondary N) is 1. The topological polar surface area (TPSA) is 21.3 Å². The maximum atomic E-state index is 11.8. The van der Waals surface area contributed by atoms with E-state index in [0.717, 1.165) is 32.4 Å². The Labute approximate surface area is 81.8 Å². The third-order valence-electron chi connectivity index (χ3n) is 2.31. The molecule has 0 saturated carbocycles. The minimum atomic E-state index is -4.19. The van der Waals surface area contributed by atoms with Crippen LogP contribution in [0.4, 0.5) is 13.2 Å². The lowest BCUT2D eigenvalue weighted by Crippen LogP contribution is -2.21. The van der Waals surface area contributed by atoms with Crippen LogP contribution >= 0.6 is 0 Å². The van der Waals surface area contributed by atoms with E-state index in [0.29, 0.717) is 0 Å². The lowest BCUT2D eigenvalue weighted by molar-refractivity contribution is -0.176. The molecule has 5 heteroatoms. The van der Waals surface area contributed by atoms with Gasteiger partial charge < -0.3 is 10.1 Å². The fourth-order valence-corrected chi connectivity index (χ4v) is 1.60. The molecule has 1 saturated heterocycles. The fourth-order valence-electron chi connectivity index (χ4n) is 1.60. The second-order valence-corrected chi connectivity index (χ2v) is 3.68. The summed E-state index contributed by atoms with van der Waals surface area (Å²) in [6, 6.07) is 0. The molecule has 1 aliphatic rings. The molecule has 1 rings (SSSR count). The number of ether oxygens (including phenoxy) is 1. The van der Waals surface area contributed by atoms with Crippen LogP contribution in [0.25, 0.3) is 0 Å². The van der Waals surface area contributed by atoms with Crippen LogP contribution in [0.5, 0.6) is 0 Å². The highest BCUT2D eigenvalue weighted by atomic mass is 19.4. The summed E-state index contributed by atoms with van der Waals surface area (Å²) in [5.74, 6) is 0.285. The van der Waals surface area contributed by atoms with E-state index in [2.05, 4.69) is 10.1 Å². The summed E-state index contributed by atoms with van der Waals surface area (Å²) in [7, 11) is 0. The molecule has 0 amide bonds. The van der Waals surface area contributed by atoms with Crippen molar-refractivity contribution in [2.45, 2.75) is 25.4 Å². The zero-order valence-corrected chi connectivity index (χ0v) is 8.07. The van der Waals surface area contributed by atoms with Crippen LogP contribution in [-0.2, 0) is 4.74 Å².